The molecule has 0 radical (unpaired) electrons. The van der Waals surface area contributed by atoms with Crippen molar-refractivity contribution >= 4 is 11.6 Å². The van der Waals surface area contributed by atoms with Gasteiger partial charge in [0.25, 0.3) is 0 Å². The van der Waals surface area contributed by atoms with Crippen molar-refractivity contribution in [3.05, 3.63) is 33.8 Å². The van der Waals surface area contributed by atoms with Gasteiger partial charge < -0.3 is 5.32 Å². The van der Waals surface area contributed by atoms with Crippen LogP contribution in [-0.4, -0.2) is 6.54 Å². The molecule has 1 N–H and O–H groups in total. The monoisotopic (exact) mass is 195 g/mol. The summed E-state index contributed by atoms with van der Waals surface area (Å²) >= 11 is 6.02. The first-order valence-electron chi connectivity index (χ1n) is 4.71. The molecule has 1 heterocycles. The van der Waals surface area contributed by atoms with Gasteiger partial charge >= 0.3 is 0 Å². The Balaban J connectivity index is 2.56. The SMILES string of the molecule is Cc1cc(Cl)cc2c1CCNC2C. The predicted molar refractivity (Wildman–Crippen MR) is 56.3 cm³/mol. The largest absolute Gasteiger partial charge is 0.310 e. The highest BCUT2D eigenvalue weighted by atomic mass is 35.5. The number of aryl methyl sites for hydroxylation is 1. The van der Waals surface area contributed by atoms with Crippen LogP contribution >= 0.6 is 11.6 Å². The van der Waals surface area contributed by atoms with Crippen molar-refractivity contribution in [1.29, 1.82) is 0 Å². The van der Waals surface area contributed by atoms with Crippen molar-refractivity contribution in [3.8, 4) is 0 Å². The van der Waals surface area contributed by atoms with E-state index in [-0.39, 0.29) is 0 Å². The van der Waals surface area contributed by atoms with E-state index >= 15 is 0 Å². The Kier molecular flexibility index (Phi) is 2.31. The van der Waals surface area contributed by atoms with Crippen molar-refractivity contribution in [2.75, 3.05) is 6.54 Å². The second kappa shape index (κ2) is 3.32. The fourth-order valence-corrected chi connectivity index (χ4v) is 2.33. The van der Waals surface area contributed by atoms with Crippen LogP contribution in [0.1, 0.15) is 29.7 Å². The molecule has 0 fully saturated rings. The molecule has 2 rings (SSSR count). The first-order chi connectivity index (χ1) is 6.18. The van der Waals surface area contributed by atoms with E-state index in [0.29, 0.717) is 6.04 Å². The zero-order chi connectivity index (χ0) is 9.42. The molecule has 13 heavy (non-hydrogen) atoms. The van der Waals surface area contributed by atoms with E-state index in [9.17, 15) is 0 Å². The summed E-state index contributed by atoms with van der Waals surface area (Å²) in [5.74, 6) is 0. The van der Waals surface area contributed by atoms with Gasteiger partial charge in [0.2, 0.25) is 0 Å². The first-order valence-corrected chi connectivity index (χ1v) is 5.08. The van der Waals surface area contributed by atoms with Crippen LogP contribution in [0.2, 0.25) is 5.02 Å². The summed E-state index contributed by atoms with van der Waals surface area (Å²) in [4.78, 5) is 0. The summed E-state index contributed by atoms with van der Waals surface area (Å²) in [5.41, 5.74) is 4.18. The quantitative estimate of drug-likeness (QED) is 0.672. The minimum absolute atomic E-state index is 0.446. The van der Waals surface area contributed by atoms with Gasteiger partial charge in [-0.25, -0.2) is 0 Å². The smallest absolute Gasteiger partial charge is 0.0412 e. The molecule has 2 heteroatoms. The molecule has 0 spiro atoms. The third-order valence-electron chi connectivity index (χ3n) is 2.76. The van der Waals surface area contributed by atoms with Crippen molar-refractivity contribution < 1.29 is 0 Å². The molecule has 1 aliphatic rings. The molecule has 1 aromatic rings. The van der Waals surface area contributed by atoms with Crippen LogP contribution in [0.25, 0.3) is 0 Å². The third kappa shape index (κ3) is 1.59. The minimum atomic E-state index is 0.446. The zero-order valence-corrected chi connectivity index (χ0v) is 8.78. The van der Waals surface area contributed by atoms with Crippen LogP contribution in [0.3, 0.4) is 0 Å². The maximum Gasteiger partial charge on any atom is 0.0412 e. The molecule has 1 nitrogen and oxygen atoms in total. The van der Waals surface area contributed by atoms with E-state index < -0.39 is 0 Å². The average Bonchev–Trinajstić information content (AvgIpc) is 2.07. The standard InChI is InChI=1S/C11H14ClN/c1-7-5-9(12)6-11-8(2)13-4-3-10(7)11/h5-6,8,13H,3-4H2,1-2H3. The third-order valence-corrected chi connectivity index (χ3v) is 2.98. The lowest BCUT2D eigenvalue weighted by atomic mass is 9.92. The van der Waals surface area contributed by atoms with Crippen molar-refractivity contribution in [2.45, 2.75) is 26.3 Å². The number of halogens is 1. The lowest BCUT2D eigenvalue weighted by Gasteiger charge is -2.25. The molecule has 0 amide bonds. The summed E-state index contributed by atoms with van der Waals surface area (Å²) in [6, 6.07) is 4.58. The van der Waals surface area contributed by atoms with Gasteiger partial charge in [-0.1, -0.05) is 11.6 Å². The Labute approximate surface area is 84.1 Å². The molecule has 0 bridgehead atoms. The Morgan fingerprint density at radius 2 is 2.23 bits per heavy atom. The molecular weight excluding hydrogens is 182 g/mol. The molecule has 0 aliphatic carbocycles. The molecule has 1 aliphatic heterocycles. The van der Waals surface area contributed by atoms with Crippen LogP contribution in [0.15, 0.2) is 12.1 Å². The van der Waals surface area contributed by atoms with E-state index in [1.54, 1.807) is 0 Å². The van der Waals surface area contributed by atoms with E-state index in [1.807, 2.05) is 0 Å². The van der Waals surface area contributed by atoms with E-state index in [0.717, 1.165) is 18.0 Å². The summed E-state index contributed by atoms with van der Waals surface area (Å²) < 4.78 is 0. The fourth-order valence-electron chi connectivity index (χ4n) is 2.05. The van der Waals surface area contributed by atoms with Gasteiger partial charge in [-0.05, 0) is 55.6 Å². The maximum absolute atomic E-state index is 6.02. The van der Waals surface area contributed by atoms with Crippen LogP contribution in [0, 0.1) is 6.92 Å². The van der Waals surface area contributed by atoms with Gasteiger partial charge in [0.15, 0.2) is 0 Å². The topological polar surface area (TPSA) is 12.0 Å². The highest BCUT2D eigenvalue weighted by Crippen LogP contribution is 2.28. The molecule has 0 aromatic heterocycles. The number of rotatable bonds is 0. The molecule has 1 aromatic carbocycles. The van der Waals surface area contributed by atoms with Crippen LogP contribution < -0.4 is 5.32 Å². The van der Waals surface area contributed by atoms with Gasteiger partial charge in [0.1, 0.15) is 0 Å². The van der Waals surface area contributed by atoms with E-state index in [1.165, 1.54) is 16.7 Å². The van der Waals surface area contributed by atoms with E-state index in [2.05, 4.69) is 31.3 Å². The average molecular weight is 196 g/mol. The normalized spacial score (nSPS) is 21.3. The van der Waals surface area contributed by atoms with Crippen LogP contribution in [0.4, 0.5) is 0 Å². The number of benzene rings is 1. The Morgan fingerprint density at radius 3 is 3.00 bits per heavy atom. The predicted octanol–water partition coefficient (Wildman–Crippen LogP) is 2.86. The maximum atomic E-state index is 6.02. The number of hydrogen-bond donors (Lipinski definition) is 1. The second-order valence-corrected chi connectivity index (χ2v) is 4.15. The summed E-state index contributed by atoms with van der Waals surface area (Å²) in [6.45, 7) is 5.41. The van der Waals surface area contributed by atoms with Gasteiger partial charge in [0.05, 0.1) is 0 Å². The van der Waals surface area contributed by atoms with Crippen molar-refractivity contribution in [1.82, 2.24) is 5.32 Å². The number of hydrogen-bond acceptors (Lipinski definition) is 1. The molecule has 70 valence electrons. The Morgan fingerprint density at radius 1 is 1.46 bits per heavy atom. The highest BCUT2D eigenvalue weighted by molar-refractivity contribution is 6.30. The number of nitrogens with one attached hydrogen (secondary N) is 1. The van der Waals surface area contributed by atoms with Crippen LogP contribution in [0.5, 0.6) is 0 Å². The highest BCUT2D eigenvalue weighted by Gasteiger charge is 2.17. The molecular formula is C11H14ClN. The van der Waals surface area contributed by atoms with Gasteiger partial charge in [-0.3, -0.25) is 0 Å². The summed E-state index contributed by atoms with van der Waals surface area (Å²) in [6.07, 6.45) is 1.13. The van der Waals surface area contributed by atoms with Gasteiger partial charge in [0, 0.05) is 11.1 Å². The molecule has 1 atom stereocenters. The molecule has 1 unspecified atom stereocenters. The molecule has 0 saturated heterocycles. The first kappa shape index (κ1) is 9.04. The zero-order valence-electron chi connectivity index (χ0n) is 8.02. The summed E-state index contributed by atoms with van der Waals surface area (Å²) in [7, 11) is 0. The van der Waals surface area contributed by atoms with Crippen molar-refractivity contribution in [3.63, 3.8) is 0 Å². The van der Waals surface area contributed by atoms with E-state index in [4.69, 9.17) is 11.6 Å². The second-order valence-electron chi connectivity index (χ2n) is 3.72. The summed E-state index contributed by atoms with van der Waals surface area (Å²) in [5, 5.41) is 4.29. The Bertz CT molecular complexity index is 333. The fraction of sp³-hybridized carbons (Fsp3) is 0.455. The minimum Gasteiger partial charge on any atom is -0.310 e. The lowest BCUT2D eigenvalue weighted by molar-refractivity contribution is 0.539. The Hall–Kier alpha value is -0.530. The lowest BCUT2D eigenvalue weighted by Crippen LogP contribution is -2.28. The van der Waals surface area contributed by atoms with Gasteiger partial charge in [-0.2, -0.15) is 0 Å². The van der Waals surface area contributed by atoms with Crippen molar-refractivity contribution in [2.24, 2.45) is 0 Å². The van der Waals surface area contributed by atoms with Gasteiger partial charge in [-0.15, -0.1) is 0 Å². The number of fused-ring (bicyclic) bond motifs is 1. The molecule has 0 saturated carbocycles. The van der Waals surface area contributed by atoms with Crippen LogP contribution in [-0.2, 0) is 6.42 Å².